The second-order valence-electron chi connectivity index (χ2n) is 6.26. The molecule has 0 saturated heterocycles. The third-order valence-electron chi connectivity index (χ3n) is 4.04. The Morgan fingerprint density at radius 3 is 2.53 bits per heavy atom. The summed E-state index contributed by atoms with van der Waals surface area (Å²) in [6, 6.07) is 14.0. The predicted molar refractivity (Wildman–Crippen MR) is 114 cm³/mol. The first-order valence-corrected chi connectivity index (χ1v) is 9.92. The quantitative estimate of drug-likeness (QED) is 0.247. The molecule has 0 aliphatic rings. The Kier molecular flexibility index (Phi) is 9.33. The summed E-state index contributed by atoms with van der Waals surface area (Å²) in [5.74, 6) is -0.707. The summed E-state index contributed by atoms with van der Waals surface area (Å²) in [5, 5.41) is 20.4. The summed E-state index contributed by atoms with van der Waals surface area (Å²) >= 11 is 3.33. The van der Waals surface area contributed by atoms with Crippen LogP contribution in [-0.4, -0.2) is 35.5 Å². The van der Waals surface area contributed by atoms with Crippen LogP contribution in [0.3, 0.4) is 0 Å². The fourth-order valence-electron chi connectivity index (χ4n) is 2.63. The number of hydrogen-bond donors (Lipinski definition) is 4. The van der Waals surface area contributed by atoms with Gasteiger partial charge in [0.05, 0.1) is 6.61 Å². The number of amides is 2. The van der Waals surface area contributed by atoms with Gasteiger partial charge in [-0.3, -0.25) is 15.3 Å². The van der Waals surface area contributed by atoms with Gasteiger partial charge in [0.2, 0.25) is 0 Å². The van der Waals surface area contributed by atoms with E-state index in [0.29, 0.717) is 17.0 Å². The van der Waals surface area contributed by atoms with E-state index in [1.54, 1.807) is 55.5 Å². The van der Waals surface area contributed by atoms with E-state index in [-0.39, 0.29) is 13.2 Å². The Bertz CT molecular complexity index is 872. The normalized spacial score (nSPS) is 12.8. The number of hydrogen-bond acceptors (Lipinski definition) is 6. The highest BCUT2D eigenvalue weighted by molar-refractivity contribution is 9.10. The van der Waals surface area contributed by atoms with E-state index in [0.717, 1.165) is 10.5 Å². The third kappa shape index (κ3) is 7.18. The lowest BCUT2D eigenvalue weighted by atomic mass is 9.96. The molecule has 30 heavy (non-hydrogen) atoms. The van der Waals surface area contributed by atoms with Gasteiger partial charge < -0.3 is 14.6 Å². The monoisotopic (exact) mass is 478 g/mol. The summed E-state index contributed by atoms with van der Waals surface area (Å²) in [4.78, 5) is 23.9. The third-order valence-corrected chi connectivity index (χ3v) is 4.57. The average Bonchev–Trinajstić information content (AvgIpc) is 2.76. The molecule has 0 bridgehead atoms. The van der Waals surface area contributed by atoms with Crippen LogP contribution in [0.5, 0.6) is 5.75 Å². The zero-order valence-electron chi connectivity index (χ0n) is 16.2. The Morgan fingerprint density at radius 1 is 1.17 bits per heavy atom. The van der Waals surface area contributed by atoms with Crippen LogP contribution in [0.2, 0.25) is 0 Å². The van der Waals surface area contributed by atoms with E-state index in [1.165, 1.54) is 11.6 Å². The molecular weight excluding hydrogens is 456 g/mol. The molecule has 0 aliphatic carbocycles. The van der Waals surface area contributed by atoms with E-state index in [1.807, 2.05) is 0 Å². The van der Waals surface area contributed by atoms with Crippen LogP contribution in [0.1, 0.15) is 18.6 Å². The van der Waals surface area contributed by atoms with Crippen molar-refractivity contribution in [2.75, 3.05) is 18.5 Å². The van der Waals surface area contributed by atoms with Crippen molar-refractivity contribution in [3.05, 3.63) is 70.7 Å². The average molecular weight is 479 g/mol. The second-order valence-corrected chi connectivity index (χ2v) is 7.18. The molecule has 160 valence electrons. The number of anilines is 1. The van der Waals surface area contributed by atoms with Crippen molar-refractivity contribution in [3.63, 3.8) is 0 Å². The number of para-hydroxylation sites is 1. The fraction of sp³-hybridized carbons (Fsp3) is 0.238. The molecule has 0 aliphatic heterocycles. The van der Waals surface area contributed by atoms with Crippen LogP contribution in [0.15, 0.2) is 65.2 Å². The molecule has 0 saturated carbocycles. The Morgan fingerprint density at radius 2 is 1.87 bits per heavy atom. The van der Waals surface area contributed by atoms with Crippen molar-refractivity contribution in [3.8, 4) is 5.75 Å². The number of aliphatic hydroxyl groups excluding tert-OH is 1. The maximum atomic E-state index is 12.5. The first-order valence-electron chi connectivity index (χ1n) is 9.12. The minimum atomic E-state index is -0.807. The van der Waals surface area contributed by atoms with Crippen LogP contribution < -0.4 is 15.5 Å². The number of rotatable bonds is 9. The van der Waals surface area contributed by atoms with Gasteiger partial charge >= 0.3 is 6.09 Å². The highest BCUT2D eigenvalue weighted by atomic mass is 79.9. The van der Waals surface area contributed by atoms with Gasteiger partial charge in [0.25, 0.3) is 5.91 Å². The standard InChI is InChI=1S/C21H23BrN2O6/c1-14(6-11-19(26)24-28)20(17-4-2-3-5-18(17)29-13-12-25)30-21(27)23-16-9-7-15(22)8-10-16/h2-11,14,20,25,28H,12-13H2,1H3,(H,23,27)(H,24,26)/b11-6+/t14-,20-/m1/s1. The molecule has 2 aromatic carbocycles. The van der Waals surface area contributed by atoms with Gasteiger partial charge in [-0.1, -0.05) is 47.1 Å². The highest BCUT2D eigenvalue weighted by Crippen LogP contribution is 2.34. The summed E-state index contributed by atoms with van der Waals surface area (Å²) in [6.45, 7) is 1.66. The maximum absolute atomic E-state index is 12.5. The first-order chi connectivity index (χ1) is 14.4. The molecule has 9 heteroatoms. The largest absolute Gasteiger partial charge is 0.491 e. The lowest BCUT2D eigenvalue weighted by Crippen LogP contribution is -2.22. The molecule has 0 fully saturated rings. The number of halogens is 1. The summed E-state index contributed by atoms with van der Waals surface area (Å²) in [7, 11) is 0. The number of benzene rings is 2. The summed E-state index contributed by atoms with van der Waals surface area (Å²) in [5.41, 5.74) is 2.63. The minimum Gasteiger partial charge on any atom is -0.491 e. The van der Waals surface area contributed by atoms with E-state index in [2.05, 4.69) is 21.2 Å². The molecule has 2 rings (SSSR count). The molecule has 0 aromatic heterocycles. The van der Waals surface area contributed by atoms with Crippen molar-refractivity contribution in [2.45, 2.75) is 13.0 Å². The van der Waals surface area contributed by atoms with Gasteiger partial charge in [0.15, 0.2) is 0 Å². The van der Waals surface area contributed by atoms with Gasteiger partial charge in [-0.2, -0.15) is 0 Å². The van der Waals surface area contributed by atoms with Crippen molar-refractivity contribution < 1.29 is 29.4 Å². The first kappa shape index (κ1) is 23.4. The minimum absolute atomic E-state index is 0.0754. The number of ether oxygens (including phenoxy) is 2. The van der Waals surface area contributed by atoms with Crippen LogP contribution >= 0.6 is 15.9 Å². The Labute approximate surface area is 182 Å². The predicted octanol–water partition coefficient (Wildman–Crippen LogP) is 3.81. The number of carbonyl (C=O) groups excluding carboxylic acids is 2. The zero-order chi connectivity index (χ0) is 21.9. The Hall–Kier alpha value is -2.88. The van der Waals surface area contributed by atoms with E-state index in [9.17, 15) is 9.59 Å². The van der Waals surface area contributed by atoms with E-state index in [4.69, 9.17) is 19.8 Å². The number of aliphatic hydroxyl groups is 1. The van der Waals surface area contributed by atoms with Crippen LogP contribution in [-0.2, 0) is 9.53 Å². The topological polar surface area (TPSA) is 117 Å². The van der Waals surface area contributed by atoms with Crippen LogP contribution in [0, 0.1) is 5.92 Å². The summed E-state index contributed by atoms with van der Waals surface area (Å²) < 4.78 is 12.1. The smallest absolute Gasteiger partial charge is 0.412 e. The van der Waals surface area contributed by atoms with E-state index >= 15 is 0 Å². The molecule has 0 heterocycles. The lowest BCUT2D eigenvalue weighted by molar-refractivity contribution is -0.124. The molecule has 8 nitrogen and oxygen atoms in total. The fourth-order valence-corrected chi connectivity index (χ4v) is 2.89. The molecule has 0 unspecified atom stereocenters. The number of hydroxylamine groups is 1. The van der Waals surface area contributed by atoms with Crippen molar-refractivity contribution in [1.29, 1.82) is 0 Å². The number of nitrogens with one attached hydrogen (secondary N) is 2. The highest BCUT2D eigenvalue weighted by Gasteiger charge is 2.25. The molecule has 0 spiro atoms. The molecule has 2 amide bonds. The number of carbonyl (C=O) groups is 2. The van der Waals surface area contributed by atoms with Gasteiger partial charge in [0, 0.05) is 27.7 Å². The van der Waals surface area contributed by atoms with Crippen LogP contribution in [0.4, 0.5) is 10.5 Å². The van der Waals surface area contributed by atoms with Crippen LogP contribution in [0.25, 0.3) is 0 Å². The molecule has 0 radical (unpaired) electrons. The van der Waals surface area contributed by atoms with Crippen molar-refractivity contribution >= 4 is 33.6 Å². The molecule has 2 atom stereocenters. The van der Waals surface area contributed by atoms with Gasteiger partial charge in [-0.05, 0) is 30.3 Å². The van der Waals surface area contributed by atoms with Crippen molar-refractivity contribution in [1.82, 2.24) is 5.48 Å². The Balaban J connectivity index is 2.27. The molecular formula is C21H23BrN2O6. The van der Waals surface area contributed by atoms with Gasteiger partial charge in [-0.15, -0.1) is 0 Å². The maximum Gasteiger partial charge on any atom is 0.412 e. The molecule has 2 aromatic rings. The lowest BCUT2D eigenvalue weighted by Gasteiger charge is -2.24. The second kappa shape index (κ2) is 12.0. The summed E-state index contributed by atoms with van der Waals surface area (Å²) in [6.07, 6.45) is 1.15. The van der Waals surface area contributed by atoms with Gasteiger partial charge in [-0.25, -0.2) is 10.3 Å². The molecule has 4 N–H and O–H groups in total. The SMILES string of the molecule is C[C@H](/C=C/C(=O)NO)[C@@H](OC(=O)Nc1ccc(Br)cc1)c1ccccc1OCCO. The van der Waals surface area contributed by atoms with E-state index < -0.39 is 24.0 Å². The van der Waals surface area contributed by atoms with Crippen molar-refractivity contribution in [2.24, 2.45) is 5.92 Å². The zero-order valence-corrected chi connectivity index (χ0v) is 17.8. The van der Waals surface area contributed by atoms with Gasteiger partial charge in [0.1, 0.15) is 18.5 Å².